The van der Waals surface area contributed by atoms with Gasteiger partial charge in [0.05, 0.1) is 16.9 Å². The fraction of sp³-hybridized carbons (Fsp3) is 0.607. The number of rotatable bonds is 8. The van der Waals surface area contributed by atoms with Crippen LogP contribution >= 0.6 is 0 Å². The largest absolute Gasteiger partial charge is 0.419 e. The lowest BCUT2D eigenvalue weighted by molar-refractivity contribution is -0.138. The van der Waals surface area contributed by atoms with Crippen molar-refractivity contribution in [3.8, 4) is 0 Å². The average Bonchev–Trinajstić information content (AvgIpc) is 3.18. The van der Waals surface area contributed by atoms with Crippen molar-refractivity contribution in [1.29, 1.82) is 0 Å². The Morgan fingerprint density at radius 2 is 1.92 bits per heavy atom. The van der Waals surface area contributed by atoms with Gasteiger partial charge in [0.2, 0.25) is 5.95 Å². The van der Waals surface area contributed by atoms with Gasteiger partial charge in [-0.1, -0.05) is 20.3 Å². The second kappa shape index (κ2) is 12.0. The van der Waals surface area contributed by atoms with Gasteiger partial charge in [0, 0.05) is 43.9 Å². The topological polar surface area (TPSA) is 61.4 Å². The maximum atomic E-state index is 15.0. The minimum Gasteiger partial charge on any atom is -0.368 e. The molecule has 2 aromatic rings. The average molecular weight is 536 g/mol. The molecule has 1 aromatic heterocycles. The van der Waals surface area contributed by atoms with Crippen LogP contribution in [0.25, 0.3) is 0 Å². The number of alkyl halides is 3. The molecule has 6 nitrogen and oxygen atoms in total. The third-order valence-electron chi connectivity index (χ3n) is 7.57. The smallest absolute Gasteiger partial charge is 0.368 e. The summed E-state index contributed by atoms with van der Waals surface area (Å²) in [6, 6.07) is 4.69. The lowest BCUT2D eigenvalue weighted by atomic mass is 9.84. The van der Waals surface area contributed by atoms with E-state index in [1.807, 2.05) is 25.8 Å². The van der Waals surface area contributed by atoms with Crippen LogP contribution in [0, 0.1) is 23.6 Å². The molecule has 1 aliphatic carbocycles. The zero-order valence-corrected chi connectivity index (χ0v) is 22.3. The van der Waals surface area contributed by atoms with Crippen molar-refractivity contribution < 1.29 is 22.4 Å². The number of anilines is 3. The van der Waals surface area contributed by atoms with Crippen LogP contribution in [0.3, 0.4) is 0 Å². The quantitative estimate of drug-likeness (QED) is 0.413. The normalized spacial score (nSPS) is 21.1. The molecule has 2 heterocycles. The summed E-state index contributed by atoms with van der Waals surface area (Å²) in [4.78, 5) is 25.1. The van der Waals surface area contributed by atoms with E-state index in [1.165, 1.54) is 6.07 Å². The zero-order chi connectivity index (χ0) is 27.4. The van der Waals surface area contributed by atoms with Crippen molar-refractivity contribution in [3.63, 3.8) is 0 Å². The third-order valence-corrected chi connectivity index (χ3v) is 7.57. The van der Waals surface area contributed by atoms with Gasteiger partial charge in [-0.3, -0.25) is 4.79 Å². The lowest BCUT2D eigenvalue weighted by Crippen LogP contribution is -2.29. The van der Waals surface area contributed by atoms with Crippen LogP contribution in [-0.4, -0.2) is 53.9 Å². The number of benzene rings is 1. The Morgan fingerprint density at radius 1 is 1.13 bits per heavy atom. The second-order valence-corrected chi connectivity index (χ2v) is 11.1. The Kier molecular flexibility index (Phi) is 8.90. The van der Waals surface area contributed by atoms with Crippen molar-refractivity contribution in [2.24, 2.45) is 17.8 Å². The van der Waals surface area contributed by atoms with Gasteiger partial charge in [-0.15, -0.1) is 0 Å². The van der Waals surface area contributed by atoms with Gasteiger partial charge in [-0.2, -0.15) is 13.2 Å². The first-order chi connectivity index (χ1) is 18.0. The standard InChI is InChI=1S/C28H37F4N5O/c1-18(2)14-26(38)21-7-4-6-19(21)15-24-22(28(30,31)32)17-33-27(35-24)34-20-8-9-25(23(29)16-20)37-11-5-10-36(3)12-13-37/h8-9,16-19,21H,4-7,10-15H2,1-3H3,(H,33,34,35)/t19-,21-/m0/s1. The van der Waals surface area contributed by atoms with Crippen molar-refractivity contribution in [2.75, 3.05) is 43.4 Å². The molecule has 1 saturated carbocycles. The molecule has 0 amide bonds. The lowest BCUT2D eigenvalue weighted by Gasteiger charge is -2.23. The molecule has 1 saturated heterocycles. The maximum Gasteiger partial charge on any atom is 0.419 e. The Hall–Kier alpha value is -2.75. The van der Waals surface area contributed by atoms with E-state index >= 15 is 4.39 Å². The SMILES string of the molecule is CC(C)CC(=O)[C@H]1CCC[C@H]1Cc1nc(Nc2ccc(N3CCCN(C)CC3)c(F)c2)ncc1C(F)(F)F. The maximum absolute atomic E-state index is 15.0. The molecule has 1 N–H and O–H groups in total. The van der Waals surface area contributed by atoms with E-state index in [1.54, 1.807) is 12.1 Å². The number of likely N-dealkylation sites (N-methyl/N-ethyl adjacent to an activating group) is 1. The number of nitrogens with zero attached hydrogens (tertiary/aromatic N) is 4. The van der Waals surface area contributed by atoms with Gasteiger partial charge in [-0.05, 0) is 69.3 Å². The summed E-state index contributed by atoms with van der Waals surface area (Å²) < 4.78 is 56.5. The first kappa shape index (κ1) is 28.3. The van der Waals surface area contributed by atoms with Gasteiger partial charge in [-0.25, -0.2) is 14.4 Å². The van der Waals surface area contributed by atoms with E-state index in [-0.39, 0.29) is 41.6 Å². The summed E-state index contributed by atoms with van der Waals surface area (Å²) in [7, 11) is 2.04. The fourth-order valence-electron chi connectivity index (χ4n) is 5.63. The molecule has 2 aliphatic rings. The number of Topliss-reactive ketones (excluding diaryl/α,β-unsaturated/α-hetero) is 1. The van der Waals surface area contributed by atoms with Crippen LogP contribution in [0.15, 0.2) is 24.4 Å². The molecule has 0 unspecified atom stereocenters. The van der Waals surface area contributed by atoms with Gasteiger partial charge in [0.15, 0.2) is 0 Å². The van der Waals surface area contributed by atoms with Gasteiger partial charge < -0.3 is 15.1 Å². The Balaban J connectivity index is 1.53. The highest BCUT2D eigenvalue weighted by Gasteiger charge is 2.38. The minimum atomic E-state index is -4.61. The summed E-state index contributed by atoms with van der Waals surface area (Å²) in [5, 5.41) is 2.88. The molecule has 2 fully saturated rings. The van der Waals surface area contributed by atoms with Gasteiger partial charge in [0.1, 0.15) is 11.6 Å². The predicted molar refractivity (Wildman–Crippen MR) is 140 cm³/mol. The van der Waals surface area contributed by atoms with Crippen LogP contribution in [0.5, 0.6) is 0 Å². The summed E-state index contributed by atoms with van der Waals surface area (Å²) in [6.45, 7) is 7.20. The van der Waals surface area contributed by atoms with E-state index in [0.717, 1.165) is 38.7 Å². The van der Waals surface area contributed by atoms with Crippen LogP contribution < -0.4 is 10.2 Å². The zero-order valence-electron chi connectivity index (χ0n) is 22.3. The molecule has 10 heteroatoms. The molecular weight excluding hydrogens is 498 g/mol. The first-order valence-electron chi connectivity index (χ1n) is 13.5. The third kappa shape index (κ3) is 7.01. The number of hydrogen-bond acceptors (Lipinski definition) is 6. The van der Waals surface area contributed by atoms with E-state index in [2.05, 4.69) is 20.2 Å². The number of carbonyl (C=O) groups is 1. The molecule has 208 valence electrons. The highest BCUT2D eigenvalue weighted by molar-refractivity contribution is 5.81. The summed E-state index contributed by atoms with van der Waals surface area (Å²) in [5.74, 6) is -0.546. The minimum absolute atomic E-state index is 0.0281. The number of ketones is 1. The molecule has 0 radical (unpaired) electrons. The van der Waals surface area contributed by atoms with Crippen LogP contribution in [-0.2, 0) is 17.4 Å². The monoisotopic (exact) mass is 535 g/mol. The number of aromatic nitrogens is 2. The number of carbonyl (C=O) groups excluding carboxylic acids is 1. The number of nitrogens with one attached hydrogen (secondary N) is 1. The highest BCUT2D eigenvalue weighted by Crippen LogP contribution is 2.39. The molecular formula is C28H37F4N5O. The highest BCUT2D eigenvalue weighted by atomic mass is 19.4. The molecule has 4 rings (SSSR count). The van der Waals surface area contributed by atoms with Crippen molar-refractivity contribution in [3.05, 3.63) is 41.5 Å². The molecule has 1 aliphatic heterocycles. The summed E-state index contributed by atoms with van der Waals surface area (Å²) in [5.41, 5.74) is -0.166. The fourth-order valence-corrected chi connectivity index (χ4v) is 5.63. The molecule has 0 spiro atoms. The van der Waals surface area contributed by atoms with E-state index in [4.69, 9.17) is 0 Å². The van der Waals surface area contributed by atoms with Crippen LogP contribution in [0.2, 0.25) is 0 Å². The van der Waals surface area contributed by atoms with Crippen LogP contribution in [0.1, 0.15) is 57.2 Å². The summed E-state index contributed by atoms with van der Waals surface area (Å²) in [6.07, 6.45) is -0.207. The number of hydrogen-bond donors (Lipinski definition) is 1. The predicted octanol–water partition coefficient (Wildman–Crippen LogP) is 6.09. The van der Waals surface area contributed by atoms with E-state index in [0.29, 0.717) is 37.2 Å². The van der Waals surface area contributed by atoms with Crippen molar-refractivity contribution in [2.45, 2.75) is 58.5 Å². The van der Waals surface area contributed by atoms with Crippen LogP contribution in [0.4, 0.5) is 34.9 Å². The van der Waals surface area contributed by atoms with Crippen molar-refractivity contribution in [1.82, 2.24) is 14.9 Å². The molecule has 38 heavy (non-hydrogen) atoms. The van der Waals surface area contributed by atoms with E-state index in [9.17, 15) is 18.0 Å². The van der Waals surface area contributed by atoms with Crippen molar-refractivity contribution >= 4 is 23.1 Å². The Labute approximate surface area is 221 Å². The molecule has 0 bridgehead atoms. The van der Waals surface area contributed by atoms with Gasteiger partial charge in [0.25, 0.3) is 0 Å². The van der Waals surface area contributed by atoms with Gasteiger partial charge >= 0.3 is 6.18 Å². The van der Waals surface area contributed by atoms with E-state index < -0.39 is 17.6 Å². The summed E-state index contributed by atoms with van der Waals surface area (Å²) >= 11 is 0. The number of halogens is 4. The Bertz CT molecular complexity index is 1120. The molecule has 1 aromatic carbocycles. The molecule has 2 atom stereocenters. The second-order valence-electron chi connectivity index (χ2n) is 11.1. The first-order valence-corrected chi connectivity index (χ1v) is 13.5. The Morgan fingerprint density at radius 3 is 2.63 bits per heavy atom.